The smallest absolute Gasteiger partial charge is 0.123 e. The summed E-state index contributed by atoms with van der Waals surface area (Å²) in [6.45, 7) is 10.1. The number of hydrogen-bond acceptors (Lipinski definition) is 0. The Labute approximate surface area is 75.9 Å². The number of alkyl halides is 1. The van der Waals surface area contributed by atoms with Crippen LogP contribution in [0.2, 0.25) is 0 Å². The van der Waals surface area contributed by atoms with Crippen LogP contribution in [0.15, 0.2) is 12.2 Å². The molecule has 0 aromatic carbocycles. The Morgan fingerprint density at radius 3 is 2.08 bits per heavy atom. The van der Waals surface area contributed by atoms with Crippen molar-refractivity contribution in [3.63, 3.8) is 0 Å². The summed E-state index contributed by atoms with van der Waals surface area (Å²) in [7, 11) is 0. The molecule has 0 fully saturated rings. The standard InChI is InChI=1S/C11H21F/c1-6-11(4,5)10(12)8-7-9(2)3/h7-10H,6H2,1-5H3/b8-7-. The molecular weight excluding hydrogens is 151 g/mol. The first-order chi connectivity index (χ1) is 5.40. The highest BCUT2D eigenvalue weighted by atomic mass is 19.1. The summed E-state index contributed by atoms with van der Waals surface area (Å²) >= 11 is 0. The van der Waals surface area contributed by atoms with E-state index in [0.29, 0.717) is 5.92 Å². The van der Waals surface area contributed by atoms with E-state index < -0.39 is 6.17 Å². The monoisotopic (exact) mass is 172 g/mol. The quantitative estimate of drug-likeness (QED) is 0.563. The molecule has 0 spiro atoms. The Hall–Kier alpha value is -0.330. The van der Waals surface area contributed by atoms with Gasteiger partial charge >= 0.3 is 0 Å². The third-order valence-electron chi connectivity index (χ3n) is 2.32. The van der Waals surface area contributed by atoms with Gasteiger partial charge in [0.25, 0.3) is 0 Å². The molecule has 0 N–H and O–H groups in total. The van der Waals surface area contributed by atoms with Gasteiger partial charge in [-0.2, -0.15) is 0 Å². The normalized spacial score (nSPS) is 15.9. The molecule has 0 heterocycles. The molecule has 0 aromatic heterocycles. The van der Waals surface area contributed by atoms with Gasteiger partial charge in [0, 0.05) is 0 Å². The lowest BCUT2D eigenvalue weighted by Crippen LogP contribution is -2.22. The molecular formula is C11H21F. The lowest BCUT2D eigenvalue weighted by atomic mass is 9.84. The van der Waals surface area contributed by atoms with Crippen LogP contribution in [0.3, 0.4) is 0 Å². The summed E-state index contributed by atoms with van der Waals surface area (Å²) in [5.41, 5.74) is -0.217. The fourth-order valence-corrected chi connectivity index (χ4v) is 0.775. The molecule has 0 saturated heterocycles. The van der Waals surface area contributed by atoms with Crippen LogP contribution in [0.4, 0.5) is 4.39 Å². The molecule has 0 nitrogen and oxygen atoms in total. The fraction of sp³-hybridized carbons (Fsp3) is 0.818. The average Bonchev–Trinajstić information content (AvgIpc) is 2.00. The molecule has 0 aliphatic heterocycles. The second-order valence-corrected chi connectivity index (χ2v) is 4.37. The van der Waals surface area contributed by atoms with Crippen LogP contribution in [0.1, 0.15) is 41.0 Å². The third-order valence-corrected chi connectivity index (χ3v) is 2.32. The van der Waals surface area contributed by atoms with Gasteiger partial charge in [-0.3, -0.25) is 0 Å². The Morgan fingerprint density at radius 2 is 1.75 bits per heavy atom. The molecule has 0 bridgehead atoms. The summed E-state index contributed by atoms with van der Waals surface area (Å²) in [6, 6.07) is 0. The van der Waals surface area contributed by atoms with Crippen LogP contribution in [-0.2, 0) is 0 Å². The van der Waals surface area contributed by atoms with E-state index in [9.17, 15) is 4.39 Å². The van der Waals surface area contributed by atoms with E-state index in [1.807, 2.05) is 26.8 Å². The lowest BCUT2D eigenvalue weighted by Gasteiger charge is -2.24. The van der Waals surface area contributed by atoms with Crippen LogP contribution in [0.5, 0.6) is 0 Å². The summed E-state index contributed by atoms with van der Waals surface area (Å²) in [5, 5.41) is 0. The van der Waals surface area contributed by atoms with Crippen molar-refractivity contribution in [1.82, 2.24) is 0 Å². The molecule has 0 rings (SSSR count). The topological polar surface area (TPSA) is 0 Å². The van der Waals surface area contributed by atoms with Gasteiger partial charge in [0.2, 0.25) is 0 Å². The molecule has 12 heavy (non-hydrogen) atoms. The maximum absolute atomic E-state index is 13.5. The van der Waals surface area contributed by atoms with Gasteiger partial charge in [0.15, 0.2) is 0 Å². The Morgan fingerprint density at radius 1 is 1.25 bits per heavy atom. The van der Waals surface area contributed by atoms with Crippen molar-refractivity contribution in [1.29, 1.82) is 0 Å². The van der Waals surface area contributed by atoms with Crippen molar-refractivity contribution >= 4 is 0 Å². The first-order valence-corrected chi connectivity index (χ1v) is 4.72. The van der Waals surface area contributed by atoms with E-state index in [-0.39, 0.29) is 5.41 Å². The highest BCUT2D eigenvalue weighted by molar-refractivity contribution is 4.97. The molecule has 0 radical (unpaired) electrons. The van der Waals surface area contributed by atoms with Crippen molar-refractivity contribution in [3.8, 4) is 0 Å². The van der Waals surface area contributed by atoms with Gasteiger partial charge in [0.05, 0.1) is 0 Å². The summed E-state index contributed by atoms with van der Waals surface area (Å²) in [5.74, 6) is 0.441. The summed E-state index contributed by atoms with van der Waals surface area (Å²) in [6.07, 6.45) is 3.68. The molecule has 1 heteroatoms. The van der Waals surface area contributed by atoms with Crippen molar-refractivity contribution in [2.45, 2.75) is 47.2 Å². The predicted molar refractivity (Wildman–Crippen MR) is 52.9 cm³/mol. The SMILES string of the molecule is CCC(C)(C)C(F)/C=C\C(C)C. The van der Waals surface area contributed by atoms with Gasteiger partial charge in [0.1, 0.15) is 6.17 Å². The highest BCUT2D eigenvalue weighted by Gasteiger charge is 2.24. The van der Waals surface area contributed by atoms with Gasteiger partial charge in [-0.15, -0.1) is 0 Å². The first kappa shape index (κ1) is 11.7. The minimum Gasteiger partial charge on any atom is -0.242 e. The number of halogens is 1. The van der Waals surface area contributed by atoms with Crippen molar-refractivity contribution in [2.75, 3.05) is 0 Å². The van der Waals surface area contributed by atoms with Gasteiger partial charge in [-0.05, 0) is 17.8 Å². The van der Waals surface area contributed by atoms with E-state index in [1.165, 1.54) is 0 Å². The van der Waals surface area contributed by atoms with E-state index >= 15 is 0 Å². The van der Waals surface area contributed by atoms with Gasteiger partial charge in [-0.1, -0.05) is 46.8 Å². The van der Waals surface area contributed by atoms with Crippen molar-refractivity contribution < 1.29 is 4.39 Å². The second-order valence-electron chi connectivity index (χ2n) is 4.37. The lowest BCUT2D eigenvalue weighted by molar-refractivity contribution is 0.180. The second kappa shape index (κ2) is 4.64. The van der Waals surface area contributed by atoms with Crippen LogP contribution < -0.4 is 0 Å². The predicted octanol–water partition coefficient (Wildman–Crippen LogP) is 3.97. The van der Waals surface area contributed by atoms with Crippen LogP contribution in [0.25, 0.3) is 0 Å². The van der Waals surface area contributed by atoms with E-state index in [2.05, 4.69) is 13.8 Å². The van der Waals surface area contributed by atoms with Crippen LogP contribution in [0, 0.1) is 11.3 Å². The molecule has 0 amide bonds. The Bertz CT molecular complexity index is 145. The zero-order valence-electron chi connectivity index (χ0n) is 8.89. The number of hydrogen-bond donors (Lipinski definition) is 0. The maximum Gasteiger partial charge on any atom is 0.123 e. The third kappa shape index (κ3) is 3.89. The minimum absolute atomic E-state index is 0.217. The summed E-state index contributed by atoms with van der Waals surface area (Å²) in [4.78, 5) is 0. The largest absolute Gasteiger partial charge is 0.242 e. The molecule has 0 aliphatic carbocycles. The van der Waals surface area contributed by atoms with Crippen molar-refractivity contribution in [2.24, 2.45) is 11.3 Å². The average molecular weight is 172 g/mol. The van der Waals surface area contributed by atoms with Crippen LogP contribution in [-0.4, -0.2) is 6.17 Å². The fourth-order valence-electron chi connectivity index (χ4n) is 0.775. The van der Waals surface area contributed by atoms with Crippen LogP contribution >= 0.6 is 0 Å². The Balaban J connectivity index is 4.11. The first-order valence-electron chi connectivity index (χ1n) is 4.72. The Kier molecular flexibility index (Phi) is 4.51. The highest BCUT2D eigenvalue weighted by Crippen LogP contribution is 2.28. The molecule has 0 aliphatic rings. The zero-order valence-corrected chi connectivity index (χ0v) is 8.89. The summed E-state index contributed by atoms with van der Waals surface area (Å²) < 4.78 is 13.5. The molecule has 1 unspecified atom stereocenters. The van der Waals surface area contributed by atoms with E-state index in [0.717, 1.165) is 6.42 Å². The van der Waals surface area contributed by atoms with Gasteiger partial charge < -0.3 is 0 Å². The molecule has 1 atom stereocenters. The van der Waals surface area contributed by atoms with E-state index in [4.69, 9.17) is 0 Å². The molecule has 0 aromatic rings. The number of allylic oxidation sites excluding steroid dienone is 2. The van der Waals surface area contributed by atoms with Crippen molar-refractivity contribution in [3.05, 3.63) is 12.2 Å². The van der Waals surface area contributed by atoms with Gasteiger partial charge in [-0.25, -0.2) is 4.39 Å². The molecule has 72 valence electrons. The number of rotatable bonds is 4. The maximum atomic E-state index is 13.5. The molecule has 0 saturated carbocycles. The van der Waals surface area contributed by atoms with E-state index in [1.54, 1.807) is 6.08 Å². The minimum atomic E-state index is -0.815. The zero-order chi connectivity index (χ0) is 9.78.